The number of benzene rings is 1. The van der Waals surface area contributed by atoms with E-state index in [4.69, 9.17) is 11.6 Å². The molecule has 1 aromatic rings. The van der Waals surface area contributed by atoms with E-state index in [0.717, 1.165) is 36.5 Å². The molecule has 1 N–H and O–H groups in total. The van der Waals surface area contributed by atoms with Gasteiger partial charge < -0.3 is 10.2 Å². The minimum atomic E-state index is 0.0120. The molecule has 0 spiro atoms. The van der Waals surface area contributed by atoms with E-state index in [1.807, 2.05) is 43.1 Å². The highest BCUT2D eigenvalue weighted by molar-refractivity contribution is 6.31. The van der Waals surface area contributed by atoms with E-state index in [0.29, 0.717) is 12.3 Å². The van der Waals surface area contributed by atoms with Gasteiger partial charge in [-0.3, -0.25) is 4.79 Å². The maximum Gasteiger partial charge on any atom is 0.223 e. The number of hydrogen-bond donors (Lipinski definition) is 1. The highest BCUT2D eigenvalue weighted by Crippen LogP contribution is 2.27. The summed E-state index contributed by atoms with van der Waals surface area (Å²) < 4.78 is 0. The highest BCUT2D eigenvalue weighted by Gasteiger charge is 2.23. The molecule has 1 amide bonds. The minimum Gasteiger partial charge on any atom is -0.339 e. The number of rotatable bonds is 4. The van der Waals surface area contributed by atoms with Crippen LogP contribution in [-0.2, 0) is 4.79 Å². The van der Waals surface area contributed by atoms with Crippen molar-refractivity contribution < 1.29 is 4.79 Å². The predicted octanol–water partition coefficient (Wildman–Crippen LogP) is 3.25. The van der Waals surface area contributed by atoms with Crippen LogP contribution >= 0.6 is 11.6 Å². The van der Waals surface area contributed by atoms with E-state index in [1.54, 1.807) is 0 Å². The Morgan fingerprint density at radius 3 is 2.70 bits per heavy atom. The summed E-state index contributed by atoms with van der Waals surface area (Å²) >= 11 is 6.21. The summed E-state index contributed by atoms with van der Waals surface area (Å²) in [6.45, 7) is 4.09. The first-order valence-electron chi connectivity index (χ1n) is 7.30. The number of nitrogens with one attached hydrogen (secondary N) is 1. The molecule has 1 aliphatic heterocycles. The summed E-state index contributed by atoms with van der Waals surface area (Å²) in [4.78, 5) is 14.2. The van der Waals surface area contributed by atoms with Gasteiger partial charge >= 0.3 is 0 Å². The number of nitrogens with zero attached hydrogens (tertiary/aromatic N) is 1. The molecule has 0 saturated carbocycles. The third-order valence-corrected chi connectivity index (χ3v) is 4.60. The first-order valence-corrected chi connectivity index (χ1v) is 7.68. The first kappa shape index (κ1) is 15.3. The Labute approximate surface area is 126 Å². The van der Waals surface area contributed by atoms with Gasteiger partial charge in [0, 0.05) is 18.5 Å². The maximum absolute atomic E-state index is 12.4. The summed E-state index contributed by atoms with van der Waals surface area (Å²) in [5, 5.41) is 4.05. The van der Waals surface area contributed by atoms with Crippen molar-refractivity contribution in [3.63, 3.8) is 0 Å². The van der Waals surface area contributed by atoms with Gasteiger partial charge in [-0.15, -0.1) is 0 Å². The summed E-state index contributed by atoms with van der Waals surface area (Å²) in [6, 6.07) is 7.75. The molecule has 1 fully saturated rings. The minimum absolute atomic E-state index is 0.0120. The maximum atomic E-state index is 12.4. The fraction of sp³-hybridized carbons (Fsp3) is 0.562. The van der Waals surface area contributed by atoms with Crippen LogP contribution in [0.3, 0.4) is 0 Å². The van der Waals surface area contributed by atoms with Crippen molar-refractivity contribution in [2.45, 2.75) is 32.2 Å². The normalized spacial score (nSPS) is 17.8. The standard InChI is InChI=1S/C16H23ClN2O/c1-12(14-5-3-4-6-15(14)17)19(2)16(20)11-13-7-9-18-10-8-13/h3-6,12-13,18H,7-11H2,1-2H3. The molecular weight excluding hydrogens is 272 g/mol. The molecule has 0 aromatic heterocycles. The molecule has 3 nitrogen and oxygen atoms in total. The first-order chi connectivity index (χ1) is 9.59. The van der Waals surface area contributed by atoms with E-state index >= 15 is 0 Å². The molecule has 1 saturated heterocycles. The Balaban J connectivity index is 1.97. The van der Waals surface area contributed by atoms with Crippen molar-refractivity contribution in [2.24, 2.45) is 5.92 Å². The molecule has 1 heterocycles. The van der Waals surface area contributed by atoms with Crippen LogP contribution in [0.15, 0.2) is 24.3 Å². The molecule has 1 aromatic carbocycles. The fourth-order valence-electron chi connectivity index (χ4n) is 2.72. The van der Waals surface area contributed by atoms with Crippen LogP contribution < -0.4 is 5.32 Å². The SMILES string of the molecule is CC(c1ccccc1Cl)N(C)C(=O)CC1CCNCC1. The molecule has 0 radical (unpaired) electrons. The van der Waals surface area contributed by atoms with E-state index in [1.165, 1.54) is 0 Å². The van der Waals surface area contributed by atoms with Gasteiger partial charge in [-0.25, -0.2) is 0 Å². The predicted molar refractivity (Wildman–Crippen MR) is 82.8 cm³/mol. The van der Waals surface area contributed by atoms with E-state index in [2.05, 4.69) is 5.32 Å². The number of piperidine rings is 1. The molecule has 1 unspecified atom stereocenters. The number of carbonyl (C=O) groups is 1. The molecular formula is C16H23ClN2O. The lowest BCUT2D eigenvalue weighted by atomic mass is 9.93. The number of carbonyl (C=O) groups excluding carboxylic acids is 1. The average Bonchev–Trinajstić information content (AvgIpc) is 2.47. The van der Waals surface area contributed by atoms with Crippen LogP contribution in [-0.4, -0.2) is 30.9 Å². The molecule has 2 rings (SSSR count). The summed E-state index contributed by atoms with van der Waals surface area (Å²) in [5.74, 6) is 0.731. The molecule has 20 heavy (non-hydrogen) atoms. The lowest BCUT2D eigenvalue weighted by molar-refractivity contribution is -0.133. The zero-order valence-corrected chi connectivity index (χ0v) is 13.0. The Morgan fingerprint density at radius 2 is 2.05 bits per heavy atom. The van der Waals surface area contributed by atoms with Crippen LogP contribution in [0.1, 0.15) is 37.8 Å². The second-order valence-corrected chi connectivity index (χ2v) is 6.01. The number of halogens is 1. The molecule has 110 valence electrons. The lowest BCUT2D eigenvalue weighted by Crippen LogP contribution is -2.34. The monoisotopic (exact) mass is 294 g/mol. The van der Waals surface area contributed by atoms with Gasteiger partial charge in [0.1, 0.15) is 0 Å². The Kier molecular flexibility index (Phi) is 5.44. The van der Waals surface area contributed by atoms with Gasteiger partial charge in [0.15, 0.2) is 0 Å². The van der Waals surface area contributed by atoms with Crippen LogP contribution in [0.4, 0.5) is 0 Å². The quantitative estimate of drug-likeness (QED) is 0.924. The smallest absolute Gasteiger partial charge is 0.223 e. The van der Waals surface area contributed by atoms with Crippen LogP contribution in [0.2, 0.25) is 5.02 Å². The molecule has 1 atom stereocenters. The van der Waals surface area contributed by atoms with Crippen molar-refractivity contribution in [1.82, 2.24) is 10.2 Å². The second-order valence-electron chi connectivity index (χ2n) is 5.60. The number of hydrogen-bond acceptors (Lipinski definition) is 2. The summed E-state index contributed by atoms with van der Waals surface area (Å²) in [6.07, 6.45) is 2.84. The van der Waals surface area contributed by atoms with Gasteiger partial charge in [0.2, 0.25) is 5.91 Å². The zero-order valence-electron chi connectivity index (χ0n) is 12.2. The summed E-state index contributed by atoms with van der Waals surface area (Å²) in [7, 11) is 1.87. The van der Waals surface area contributed by atoms with Crippen molar-refractivity contribution in [3.05, 3.63) is 34.9 Å². The van der Waals surface area contributed by atoms with E-state index in [9.17, 15) is 4.79 Å². The number of amides is 1. The Hall–Kier alpha value is -1.06. The molecule has 1 aliphatic rings. The highest BCUT2D eigenvalue weighted by atomic mass is 35.5. The molecule has 0 bridgehead atoms. The largest absolute Gasteiger partial charge is 0.339 e. The van der Waals surface area contributed by atoms with Gasteiger partial charge in [-0.1, -0.05) is 29.8 Å². The van der Waals surface area contributed by atoms with Crippen LogP contribution in [0, 0.1) is 5.92 Å². The second kappa shape index (κ2) is 7.09. The fourth-order valence-corrected chi connectivity index (χ4v) is 3.01. The Morgan fingerprint density at radius 1 is 1.40 bits per heavy atom. The van der Waals surface area contributed by atoms with Crippen molar-refractivity contribution in [2.75, 3.05) is 20.1 Å². The molecule has 0 aliphatic carbocycles. The van der Waals surface area contributed by atoms with Crippen molar-refractivity contribution in [3.8, 4) is 0 Å². The van der Waals surface area contributed by atoms with Gasteiger partial charge in [-0.2, -0.15) is 0 Å². The van der Waals surface area contributed by atoms with Crippen LogP contribution in [0.25, 0.3) is 0 Å². The topological polar surface area (TPSA) is 32.3 Å². The average molecular weight is 295 g/mol. The zero-order chi connectivity index (χ0) is 14.5. The van der Waals surface area contributed by atoms with Crippen molar-refractivity contribution in [1.29, 1.82) is 0 Å². The van der Waals surface area contributed by atoms with Crippen LogP contribution in [0.5, 0.6) is 0 Å². The third kappa shape index (κ3) is 3.74. The van der Waals surface area contributed by atoms with Gasteiger partial charge in [0.05, 0.1) is 6.04 Å². The van der Waals surface area contributed by atoms with E-state index in [-0.39, 0.29) is 11.9 Å². The summed E-state index contributed by atoms with van der Waals surface area (Å²) in [5.41, 5.74) is 1.01. The molecule has 4 heteroatoms. The van der Waals surface area contributed by atoms with E-state index < -0.39 is 0 Å². The van der Waals surface area contributed by atoms with Gasteiger partial charge in [-0.05, 0) is 50.4 Å². The van der Waals surface area contributed by atoms with Gasteiger partial charge in [0.25, 0.3) is 0 Å². The Bertz CT molecular complexity index is 458. The van der Waals surface area contributed by atoms with Crippen molar-refractivity contribution >= 4 is 17.5 Å². The third-order valence-electron chi connectivity index (χ3n) is 4.25. The lowest BCUT2D eigenvalue weighted by Gasteiger charge is -2.29.